The van der Waals surface area contributed by atoms with Gasteiger partial charge in [0.1, 0.15) is 11.2 Å². The summed E-state index contributed by atoms with van der Waals surface area (Å²) in [7, 11) is 0. The first-order valence-corrected chi connectivity index (χ1v) is 11.4. The number of halogens is 1. The Labute approximate surface area is 196 Å². The van der Waals surface area contributed by atoms with Gasteiger partial charge in [-0.25, -0.2) is 4.68 Å². The number of hydrogen-bond acceptors (Lipinski definition) is 4. The smallest absolute Gasteiger partial charge is 0.244 e. The molecule has 3 heterocycles. The second kappa shape index (κ2) is 6.58. The molecule has 2 N–H and O–H groups in total. The third-order valence-corrected chi connectivity index (χ3v) is 7.17. The molecule has 1 atom stereocenters. The van der Waals surface area contributed by atoms with E-state index in [4.69, 9.17) is 16.7 Å². The number of carbonyl (C=O) groups excluding carboxylic acids is 2. The number of ketones is 1. The Morgan fingerprint density at radius 3 is 2.55 bits per heavy atom. The SMILES string of the molecule is Cc1nn(-c2ccccc2)c2c1C1(C(=O)Nc3ccc(Cl)cc31)C1=C(CC(C)(C)CC1=O)N2. The number of rotatable bonds is 1. The van der Waals surface area contributed by atoms with Crippen LogP contribution in [0, 0.1) is 12.3 Å². The molecular weight excluding hydrogens is 436 g/mol. The molecule has 3 aliphatic rings. The van der Waals surface area contributed by atoms with Crippen molar-refractivity contribution < 1.29 is 9.59 Å². The Morgan fingerprint density at radius 1 is 1.03 bits per heavy atom. The van der Waals surface area contributed by atoms with E-state index < -0.39 is 5.41 Å². The Bertz CT molecular complexity index is 1400. The molecule has 1 aliphatic carbocycles. The third-order valence-electron chi connectivity index (χ3n) is 6.93. The van der Waals surface area contributed by atoms with Crippen LogP contribution in [0.15, 0.2) is 59.8 Å². The van der Waals surface area contributed by atoms with Crippen molar-refractivity contribution in [3.8, 4) is 5.69 Å². The van der Waals surface area contributed by atoms with E-state index in [1.807, 2.05) is 41.9 Å². The summed E-state index contributed by atoms with van der Waals surface area (Å²) in [6, 6.07) is 15.2. The number of aromatic nitrogens is 2. The predicted octanol–water partition coefficient (Wildman–Crippen LogP) is 5.14. The van der Waals surface area contributed by atoms with E-state index >= 15 is 0 Å². The van der Waals surface area contributed by atoms with Crippen LogP contribution in [0.5, 0.6) is 0 Å². The van der Waals surface area contributed by atoms with Gasteiger partial charge in [0, 0.05) is 39.5 Å². The Morgan fingerprint density at radius 2 is 1.79 bits per heavy atom. The van der Waals surface area contributed by atoms with Crippen molar-refractivity contribution in [1.82, 2.24) is 9.78 Å². The van der Waals surface area contributed by atoms with Crippen LogP contribution in [-0.4, -0.2) is 21.5 Å². The summed E-state index contributed by atoms with van der Waals surface area (Å²) in [6.45, 7) is 6.05. The lowest BCUT2D eigenvalue weighted by atomic mass is 9.61. The number of nitrogens with zero attached hydrogens (tertiary/aromatic N) is 2. The van der Waals surface area contributed by atoms with Crippen LogP contribution in [0.3, 0.4) is 0 Å². The van der Waals surface area contributed by atoms with E-state index in [0.29, 0.717) is 51.8 Å². The van der Waals surface area contributed by atoms with Gasteiger partial charge in [-0.1, -0.05) is 43.6 Å². The van der Waals surface area contributed by atoms with Gasteiger partial charge in [-0.05, 0) is 49.1 Å². The summed E-state index contributed by atoms with van der Waals surface area (Å²) in [5, 5.41) is 11.9. The van der Waals surface area contributed by atoms with Crippen LogP contribution in [0.1, 0.15) is 43.5 Å². The van der Waals surface area contributed by atoms with Gasteiger partial charge in [-0.3, -0.25) is 9.59 Å². The number of para-hydroxylation sites is 1. The van der Waals surface area contributed by atoms with Crippen molar-refractivity contribution in [2.45, 2.75) is 39.0 Å². The lowest BCUT2D eigenvalue weighted by molar-refractivity contribution is -0.123. The van der Waals surface area contributed by atoms with E-state index in [9.17, 15) is 9.59 Å². The van der Waals surface area contributed by atoms with Gasteiger partial charge in [0.2, 0.25) is 5.91 Å². The molecule has 2 aliphatic heterocycles. The van der Waals surface area contributed by atoms with Crippen LogP contribution in [-0.2, 0) is 15.0 Å². The zero-order chi connectivity index (χ0) is 23.1. The van der Waals surface area contributed by atoms with E-state index in [1.54, 1.807) is 18.2 Å². The highest BCUT2D eigenvalue weighted by molar-refractivity contribution is 6.31. The Balaban J connectivity index is 1.74. The zero-order valence-electron chi connectivity index (χ0n) is 18.6. The summed E-state index contributed by atoms with van der Waals surface area (Å²) in [6.07, 6.45) is 1.02. The number of hydrogen-bond donors (Lipinski definition) is 2. The maximum atomic E-state index is 13.9. The number of benzene rings is 2. The van der Waals surface area contributed by atoms with Crippen molar-refractivity contribution in [3.63, 3.8) is 0 Å². The molecule has 0 bridgehead atoms. The molecule has 33 heavy (non-hydrogen) atoms. The van der Waals surface area contributed by atoms with Crippen molar-refractivity contribution in [2.75, 3.05) is 10.6 Å². The maximum absolute atomic E-state index is 13.9. The van der Waals surface area contributed by atoms with E-state index in [2.05, 4.69) is 24.5 Å². The molecule has 0 radical (unpaired) electrons. The third kappa shape index (κ3) is 2.64. The first-order chi connectivity index (χ1) is 15.7. The molecule has 166 valence electrons. The fourth-order valence-electron chi connectivity index (χ4n) is 5.75. The molecule has 1 amide bonds. The molecule has 1 spiro atoms. The maximum Gasteiger partial charge on any atom is 0.244 e. The number of amides is 1. The lowest BCUT2D eigenvalue weighted by Gasteiger charge is -2.42. The standard InChI is InChI=1S/C26H23ClN4O2/c1-14-21-23(31(30-14)16-7-5-4-6-8-16)28-19-12-25(2,3)13-20(32)22(19)26(21)17-11-15(27)9-10-18(17)29-24(26)33/h4-11,28H,12-13H2,1-3H3,(H,29,33). The lowest BCUT2D eigenvalue weighted by Crippen LogP contribution is -2.48. The van der Waals surface area contributed by atoms with Gasteiger partial charge in [0.15, 0.2) is 5.78 Å². The normalized spacial score (nSPS) is 22.5. The van der Waals surface area contributed by atoms with Gasteiger partial charge in [-0.2, -0.15) is 5.10 Å². The molecule has 6 nitrogen and oxygen atoms in total. The summed E-state index contributed by atoms with van der Waals surface area (Å²) in [5.41, 5.74) is 3.44. The predicted molar refractivity (Wildman–Crippen MR) is 128 cm³/mol. The van der Waals surface area contributed by atoms with Crippen LogP contribution in [0.2, 0.25) is 5.02 Å². The van der Waals surface area contributed by atoms with Gasteiger partial charge in [0.25, 0.3) is 0 Å². The number of allylic oxidation sites excluding steroid dienone is 1. The van der Waals surface area contributed by atoms with Gasteiger partial charge in [-0.15, -0.1) is 0 Å². The molecule has 0 fully saturated rings. The Hall–Kier alpha value is -3.38. The average Bonchev–Trinajstić information content (AvgIpc) is 3.22. The molecule has 2 aromatic carbocycles. The second-order valence-corrected chi connectivity index (χ2v) is 10.3. The summed E-state index contributed by atoms with van der Waals surface area (Å²) in [4.78, 5) is 27.6. The molecular formula is C26H23ClN4O2. The highest BCUT2D eigenvalue weighted by Gasteiger charge is 2.60. The van der Waals surface area contributed by atoms with Crippen molar-refractivity contribution in [1.29, 1.82) is 0 Å². The number of aryl methyl sites for hydroxylation is 1. The van der Waals surface area contributed by atoms with Gasteiger partial charge >= 0.3 is 0 Å². The number of nitrogens with one attached hydrogen (secondary N) is 2. The highest BCUT2D eigenvalue weighted by Crippen LogP contribution is 2.58. The van der Waals surface area contributed by atoms with Crippen LogP contribution >= 0.6 is 11.6 Å². The first-order valence-electron chi connectivity index (χ1n) is 11.0. The van der Waals surface area contributed by atoms with E-state index in [1.165, 1.54) is 0 Å². The minimum atomic E-state index is -1.29. The monoisotopic (exact) mass is 458 g/mol. The Kier molecular flexibility index (Phi) is 4.03. The number of fused-ring (bicyclic) bond motifs is 5. The molecule has 0 saturated carbocycles. The topological polar surface area (TPSA) is 76.0 Å². The quantitative estimate of drug-likeness (QED) is 0.529. The largest absolute Gasteiger partial charge is 0.343 e. The number of carbonyl (C=O) groups is 2. The molecule has 7 heteroatoms. The van der Waals surface area contributed by atoms with Gasteiger partial charge in [0.05, 0.1) is 11.4 Å². The minimum Gasteiger partial charge on any atom is -0.343 e. The molecule has 3 aromatic rings. The zero-order valence-corrected chi connectivity index (χ0v) is 19.4. The molecule has 6 rings (SSSR count). The van der Waals surface area contributed by atoms with Crippen molar-refractivity contribution >= 4 is 34.8 Å². The molecule has 1 aromatic heterocycles. The molecule has 1 unspecified atom stereocenters. The summed E-state index contributed by atoms with van der Waals surface area (Å²) >= 11 is 6.42. The van der Waals surface area contributed by atoms with Crippen LogP contribution in [0.25, 0.3) is 5.69 Å². The number of anilines is 2. The highest BCUT2D eigenvalue weighted by atomic mass is 35.5. The van der Waals surface area contributed by atoms with E-state index in [-0.39, 0.29) is 17.1 Å². The minimum absolute atomic E-state index is 0.0192. The van der Waals surface area contributed by atoms with E-state index in [0.717, 1.165) is 11.4 Å². The van der Waals surface area contributed by atoms with Crippen molar-refractivity contribution in [2.24, 2.45) is 5.41 Å². The fourth-order valence-corrected chi connectivity index (χ4v) is 5.92. The second-order valence-electron chi connectivity index (χ2n) is 9.87. The average molecular weight is 459 g/mol. The summed E-state index contributed by atoms with van der Waals surface area (Å²) < 4.78 is 1.83. The van der Waals surface area contributed by atoms with Crippen LogP contribution in [0.4, 0.5) is 11.5 Å². The fraction of sp³-hybridized carbons (Fsp3) is 0.269. The van der Waals surface area contributed by atoms with Crippen LogP contribution < -0.4 is 10.6 Å². The summed E-state index contributed by atoms with van der Waals surface area (Å²) in [5.74, 6) is 0.457. The first kappa shape index (κ1) is 20.2. The number of Topliss-reactive ketones (excluding diaryl/α,β-unsaturated/α-hetero) is 1. The molecule has 0 saturated heterocycles. The van der Waals surface area contributed by atoms with Gasteiger partial charge < -0.3 is 10.6 Å². The van der Waals surface area contributed by atoms with Crippen molar-refractivity contribution in [3.05, 3.63) is 81.6 Å².